The molecule has 1 heterocycles. The van der Waals surface area contributed by atoms with E-state index in [1.54, 1.807) is 7.11 Å². The smallest absolute Gasteiger partial charge is 0.0615 e. The van der Waals surface area contributed by atoms with Crippen molar-refractivity contribution >= 4 is 11.8 Å². The molecule has 1 aliphatic heterocycles. The van der Waals surface area contributed by atoms with Crippen LogP contribution in [0.2, 0.25) is 0 Å². The first-order chi connectivity index (χ1) is 6.36. The van der Waals surface area contributed by atoms with E-state index in [1.807, 2.05) is 0 Å². The molecule has 1 unspecified atom stereocenters. The molecule has 2 nitrogen and oxygen atoms in total. The lowest BCUT2D eigenvalue weighted by Crippen LogP contribution is -2.42. The fourth-order valence-electron chi connectivity index (χ4n) is 1.68. The Morgan fingerprint density at radius 1 is 1.46 bits per heavy atom. The Hall–Kier alpha value is 0.270. The number of nitrogens with one attached hydrogen (secondary N) is 1. The molecule has 0 aromatic rings. The van der Waals surface area contributed by atoms with E-state index in [9.17, 15) is 0 Å². The third kappa shape index (κ3) is 4.34. The molecule has 0 bridgehead atoms. The van der Waals surface area contributed by atoms with Crippen LogP contribution in [0.1, 0.15) is 26.2 Å². The second-order valence-corrected chi connectivity index (χ2v) is 4.84. The van der Waals surface area contributed by atoms with Crippen LogP contribution in [0.15, 0.2) is 0 Å². The van der Waals surface area contributed by atoms with Crippen molar-refractivity contribution in [2.24, 2.45) is 0 Å². The SMILES string of the molecule is CCC(COC)NC1CCSCC1. The van der Waals surface area contributed by atoms with Gasteiger partial charge in [-0.15, -0.1) is 0 Å². The molecule has 13 heavy (non-hydrogen) atoms. The van der Waals surface area contributed by atoms with Gasteiger partial charge in [0.1, 0.15) is 0 Å². The van der Waals surface area contributed by atoms with Gasteiger partial charge in [0.05, 0.1) is 6.61 Å². The van der Waals surface area contributed by atoms with Crippen molar-refractivity contribution in [3.63, 3.8) is 0 Å². The lowest BCUT2D eigenvalue weighted by atomic mass is 10.1. The minimum absolute atomic E-state index is 0.554. The van der Waals surface area contributed by atoms with Crippen LogP contribution in [0.3, 0.4) is 0 Å². The van der Waals surface area contributed by atoms with Gasteiger partial charge >= 0.3 is 0 Å². The standard InChI is InChI=1S/C10H21NOS/c1-3-9(8-12-2)11-10-4-6-13-7-5-10/h9-11H,3-8H2,1-2H3. The van der Waals surface area contributed by atoms with Gasteiger partial charge in [-0.25, -0.2) is 0 Å². The van der Waals surface area contributed by atoms with Crippen molar-refractivity contribution in [3.05, 3.63) is 0 Å². The zero-order valence-electron chi connectivity index (χ0n) is 8.71. The zero-order valence-corrected chi connectivity index (χ0v) is 9.53. The number of rotatable bonds is 5. The summed E-state index contributed by atoms with van der Waals surface area (Å²) in [4.78, 5) is 0. The minimum atomic E-state index is 0.554. The average molecular weight is 203 g/mol. The average Bonchev–Trinajstić information content (AvgIpc) is 2.19. The van der Waals surface area contributed by atoms with Crippen molar-refractivity contribution in [2.45, 2.75) is 38.3 Å². The monoisotopic (exact) mass is 203 g/mol. The topological polar surface area (TPSA) is 21.3 Å². The third-order valence-corrected chi connectivity index (χ3v) is 3.60. The highest BCUT2D eigenvalue weighted by atomic mass is 32.2. The van der Waals surface area contributed by atoms with Crippen LogP contribution in [0.4, 0.5) is 0 Å². The van der Waals surface area contributed by atoms with E-state index in [2.05, 4.69) is 24.0 Å². The zero-order chi connectivity index (χ0) is 9.52. The van der Waals surface area contributed by atoms with Crippen molar-refractivity contribution in [2.75, 3.05) is 25.2 Å². The molecule has 1 aliphatic rings. The summed E-state index contributed by atoms with van der Waals surface area (Å²) in [6.07, 6.45) is 3.81. The fourth-order valence-corrected chi connectivity index (χ4v) is 2.79. The molecule has 0 aromatic carbocycles. The first-order valence-electron chi connectivity index (χ1n) is 5.19. The van der Waals surface area contributed by atoms with Crippen LogP contribution in [0.25, 0.3) is 0 Å². The molecule has 1 N–H and O–H groups in total. The van der Waals surface area contributed by atoms with Crippen LogP contribution < -0.4 is 5.32 Å². The molecule has 1 saturated heterocycles. The minimum Gasteiger partial charge on any atom is -0.383 e. The number of hydrogen-bond acceptors (Lipinski definition) is 3. The number of hydrogen-bond donors (Lipinski definition) is 1. The van der Waals surface area contributed by atoms with E-state index in [4.69, 9.17) is 4.74 Å². The van der Waals surface area contributed by atoms with Gasteiger partial charge in [0.15, 0.2) is 0 Å². The number of methoxy groups -OCH3 is 1. The predicted octanol–water partition coefficient (Wildman–Crippen LogP) is 1.90. The third-order valence-electron chi connectivity index (χ3n) is 2.55. The molecule has 0 aromatic heterocycles. The van der Waals surface area contributed by atoms with Crippen molar-refractivity contribution in [3.8, 4) is 0 Å². The van der Waals surface area contributed by atoms with Crippen LogP contribution >= 0.6 is 11.8 Å². The lowest BCUT2D eigenvalue weighted by molar-refractivity contribution is 0.157. The maximum Gasteiger partial charge on any atom is 0.0615 e. The molecule has 0 aliphatic carbocycles. The summed E-state index contributed by atoms with van der Waals surface area (Å²) in [5, 5.41) is 3.67. The van der Waals surface area contributed by atoms with E-state index in [1.165, 1.54) is 24.3 Å². The second kappa shape index (κ2) is 6.68. The highest BCUT2D eigenvalue weighted by Gasteiger charge is 2.16. The molecule has 0 radical (unpaired) electrons. The Kier molecular flexibility index (Phi) is 5.83. The molecule has 0 amide bonds. The van der Waals surface area contributed by atoms with Gasteiger partial charge in [-0.2, -0.15) is 11.8 Å². The molecule has 1 atom stereocenters. The molecule has 3 heteroatoms. The molecule has 78 valence electrons. The first-order valence-corrected chi connectivity index (χ1v) is 6.35. The number of ether oxygens (including phenoxy) is 1. The Labute approximate surface area is 85.8 Å². The van der Waals surface area contributed by atoms with Crippen LogP contribution in [-0.2, 0) is 4.74 Å². The van der Waals surface area contributed by atoms with Gasteiger partial charge in [-0.05, 0) is 30.8 Å². The highest BCUT2D eigenvalue weighted by molar-refractivity contribution is 7.99. The summed E-state index contributed by atoms with van der Waals surface area (Å²) in [6.45, 7) is 3.06. The maximum atomic E-state index is 5.17. The number of thioether (sulfide) groups is 1. The molecule has 1 rings (SSSR count). The summed E-state index contributed by atoms with van der Waals surface area (Å²) in [6, 6.07) is 1.29. The fraction of sp³-hybridized carbons (Fsp3) is 1.00. The second-order valence-electron chi connectivity index (χ2n) is 3.61. The van der Waals surface area contributed by atoms with E-state index in [0.717, 1.165) is 19.1 Å². The van der Waals surface area contributed by atoms with E-state index >= 15 is 0 Å². The van der Waals surface area contributed by atoms with Gasteiger partial charge in [0, 0.05) is 19.2 Å². The highest BCUT2D eigenvalue weighted by Crippen LogP contribution is 2.17. The molecule has 0 saturated carbocycles. The van der Waals surface area contributed by atoms with Gasteiger partial charge < -0.3 is 10.1 Å². The first kappa shape index (κ1) is 11.3. The quantitative estimate of drug-likeness (QED) is 0.737. The van der Waals surface area contributed by atoms with Crippen molar-refractivity contribution in [1.82, 2.24) is 5.32 Å². The van der Waals surface area contributed by atoms with Crippen LogP contribution in [-0.4, -0.2) is 37.3 Å². The summed E-state index contributed by atoms with van der Waals surface area (Å²) >= 11 is 2.08. The molecule has 0 spiro atoms. The Morgan fingerprint density at radius 2 is 2.15 bits per heavy atom. The van der Waals surface area contributed by atoms with Crippen LogP contribution in [0, 0.1) is 0 Å². The van der Waals surface area contributed by atoms with Crippen LogP contribution in [0.5, 0.6) is 0 Å². The summed E-state index contributed by atoms with van der Waals surface area (Å²) in [5.74, 6) is 2.64. The van der Waals surface area contributed by atoms with E-state index in [0.29, 0.717) is 6.04 Å². The van der Waals surface area contributed by atoms with Crippen molar-refractivity contribution < 1.29 is 4.74 Å². The van der Waals surface area contributed by atoms with Crippen molar-refractivity contribution in [1.29, 1.82) is 0 Å². The van der Waals surface area contributed by atoms with Gasteiger partial charge in [-0.3, -0.25) is 0 Å². The van der Waals surface area contributed by atoms with E-state index in [-0.39, 0.29) is 0 Å². The predicted molar refractivity (Wildman–Crippen MR) is 59.4 cm³/mol. The Balaban J connectivity index is 2.18. The molecular weight excluding hydrogens is 182 g/mol. The van der Waals surface area contributed by atoms with Gasteiger partial charge in [0.2, 0.25) is 0 Å². The Bertz CT molecular complexity index is 123. The Morgan fingerprint density at radius 3 is 2.69 bits per heavy atom. The largest absolute Gasteiger partial charge is 0.383 e. The maximum absolute atomic E-state index is 5.17. The molecule has 1 fully saturated rings. The normalized spacial score (nSPS) is 21.7. The summed E-state index contributed by atoms with van der Waals surface area (Å²) in [5.41, 5.74) is 0. The summed E-state index contributed by atoms with van der Waals surface area (Å²) < 4.78 is 5.17. The lowest BCUT2D eigenvalue weighted by Gasteiger charge is -2.27. The molecular formula is C10H21NOS. The van der Waals surface area contributed by atoms with E-state index < -0.39 is 0 Å². The van der Waals surface area contributed by atoms with Gasteiger partial charge in [-0.1, -0.05) is 6.92 Å². The summed E-state index contributed by atoms with van der Waals surface area (Å²) in [7, 11) is 1.78. The van der Waals surface area contributed by atoms with Gasteiger partial charge in [0.25, 0.3) is 0 Å².